The summed E-state index contributed by atoms with van der Waals surface area (Å²) < 4.78 is 14.3. The third kappa shape index (κ3) is 2.82. The Labute approximate surface area is 127 Å². The van der Waals surface area contributed by atoms with E-state index < -0.39 is 0 Å². The summed E-state index contributed by atoms with van der Waals surface area (Å²) in [6, 6.07) is 8.39. The molecule has 0 radical (unpaired) electrons. The molecule has 116 valence electrons. The van der Waals surface area contributed by atoms with Gasteiger partial charge in [-0.25, -0.2) is 4.39 Å². The number of halogens is 1. The van der Waals surface area contributed by atoms with Gasteiger partial charge in [0.1, 0.15) is 0 Å². The van der Waals surface area contributed by atoms with Crippen LogP contribution in [0.3, 0.4) is 0 Å². The number of hydrogen-bond donors (Lipinski definition) is 2. The molecule has 1 aromatic heterocycles. The summed E-state index contributed by atoms with van der Waals surface area (Å²) in [7, 11) is 0. The molecule has 2 heterocycles. The highest BCUT2D eigenvalue weighted by atomic mass is 19.1. The lowest BCUT2D eigenvalue weighted by Crippen LogP contribution is -2.47. The molecule has 0 bridgehead atoms. The van der Waals surface area contributed by atoms with Crippen molar-refractivity contribution in [2.24, 2.45) is 0 Å². The lowest BCUT2D eigenvalue weighted by Gasteiger charge is -2.37. The van der Waals surface area contributed by atoms with Crippen LogP contribution < -0.4 is 15.4 Å². The molecule has 1 aliphatic heterocycles. The Kier molecular flexibility index (Phi) is 4.11. The lowest BCUT2D eigenvalue weighted by atomic mass is 10.1. The number of rotatable bonds is 3. The summed E-state index contributed by atoms with van der Waals surface area (Å²) >= 11 is 0. The maximum atomic E-state index is 14.3. The van der Waals surface area contributed by atoms with Gasteiger partial charge < -0.3 is 19.9 Å². The Balaban J connectivity index is 1.72. The summed E-state index contributed by atoms with van der Waals surface area (Å²) in [5, 5.41) is 9.16. The third-order valence-electron chi connectivity index (χ3n) is 3.98. The maximum absolute atomic E-state index is 14.3. The smallest absolute Gasteiger partial charge is 0.248 e. The maximum Gasteiger partial charge on any atom is 0.248 e. The molecule has 22 heavy (non-hydrogen) atoms. The van der Waals surface area contributed by atoms with Crippen LogP contribution in [0.5, 0.6) is 0 Å². The number of piperazine rings is 1. The number of anilines is 2. The Morgan fingerprint density at radius 1 is 1.09 bits per heavy atom. The van der Waals surface area contributed by atoms with Crippen molar-refractivity contribution in [2.45, 2.75) is 6.61 Å². The molecule has 0 amide bonds. The summed E-state index contributed by atoms with van der Waals surface area (Å²) in [5.41, 5.74) is 1.70. The van der Waals surface area contributed by atoms with E-state index in [4.69, 9.17) is 5.11 Å². The van der Waals surface area contributed by atoms with Gasteiger partial charge in [-0.2, -0.15) is 0 Å². The van der Waals surface area contributed by atoms with Crippen LogP contribution in [0, 0.1) is 5.82 Å². The van der Waals surface area contributed by atoms with Gasteiger partial charge in [0.2, 0.25) is 5.56 Å². The second-order valence-electron chi connectivity index (χ2n) is 5.29. The van der Waals surface area contributed by atoms with Crippen LogP contribution in [0.1, 0.15) is 5.56 Å². The molecule has 2 aromatic rings. The van der Waals surface area contributed by atoms with E-state index in [0.29, 0.717) is 24.3 Å². The number of aromatic amines is 1. The molecular weight excluding hydrogens is 285 g/mol. The molecule has 0 saturated carbocycles. The third-order valence-corrected chi connectivity index (χ3v) is 3.98. The monoisotopic (exact) mass is 303 g/mol. The number of aromatic nitrogens is 1. The molecule has 1 aliphatic rings. The first-order chi connectivity index (χ1) is 10.7. The minimum absolute atomic E-state index is 0.120. The first-order valence-electron chi connectivity index (χ1n) is 7.26. The van der Waals surface area contributed by atoms with Gasteiger partial charge in [0, 0.05) is 44.0 Å². The molecule has 1 aromatic carbocycles. The predicted molar refractivity (Wildman–Crippen MR) is 83.8 cm³/mol. The van der Waals surface area contributed by atoms with Gasteiger partial charge in [-0.3, -0.25) is 4.79 Å². The van der Waals surface area contributed by atoms with Crippen molar-refractivity contribution in [1.29, 1.82) is 0 Å². The van der Waals surface area contributed by atoms with Crippen LogP contribution in [0.2, 0.25) is 0 Å². The number of benzene rings is 1. The Morgan fingerprint density at radius 2 is 1.82 bits per heavy atom. The molecule has 0 atom stereocenters. The average molecular weight is 303 g/mol. The van der Waals surface area contributed by atoms with E-state index in [9.17, 15) is 9.18 Å². The molecule has 3 rings (SSSR count). The number of nitrogens with one attached hydrogen (secondary N) is 1. The number of pyridine rings is 1. The Morgan fingerprint density at radius 3 is 2.45 bits per heavy atom. The minimum Gasteiger partial charge on any atom is -0.392 e. The highest BCUT2D eigenvalue weighted by Crippen LogP contribution is 2.24. The Hall–Kier alpha value is -2.34. The summed E-state index contributed by atoms with van der Waals surface area (Å²) in [4.78, 5) is 17.9. The molecule has 6 heteroatoms. The van der Waals surface area contributed by atoms with Gasteiger partial charge in [0.25, 0.3) is 0 Å². The normalized spacial score (nSPS) is 15.2. The number of hydrogen-bond acceptors (Lipinski definition) is 4. The van der Waals surface area contributed by atoms with Gasteiger partial charge in [-0.05, 0) is 12.1 Å². The topological polar surface area (TPSA) is 59.6 Å². The lowest BCUT2D eigenvalue weighted by molar-refractivity contribution is 0.276. The standard InChI is InChI=1S/C16H18FN3O2/c17-16-12(11-21)2-1-3-14(16)20-8-6-19(7-9-20)13-4-5-15(22)18-10-13/h1-5,10,21H,6-9,11H2,(H,18,22). The van der Waals surface area contributed by atoms with Gasteiger partial charge in [0.15, 0.2) is 5.82 Å². The number of aliphatic hydroxyl groups is 1. The highest BCUT2D eigenvalue weighted by molar-refractivity contribution is 5.53. The van der Waals surface area contributed by atoms with Gasteiger partial charge in [-0.1, -0.05) is 12.1 Å². The second kappa shape index (κ2) is 6.19. The zero-order valence-electron chi connectivity index (χ0n) is 12.1. The molecule has 0 aliphatic carbocycles. The van der Waals surface area contributed by atoms with Gasteiger partial charge in [0.05, 0.1) is 18.0 Å². The minimum atomic E-state index is -0.345. The van der Waals surface area contributed by atoms with E-state index in [0.717, 1.165) is 18.8 Å². The van der Waals surface area contributed by atoms with E-state index >= 15 is 0 Å². The van der Waals surface area contributed by atoms with E-state index in [1.54, 1.807) is 30.5 Å². The first-order valence-corrected chi connectivity index (χ1v) is 7.26. The van der Waals surface area contributed by atoms with Crippen molar-refractivity contribution in [3.05, 3.63) is 58.3 Å². The second-order valence-corrected chi connectivity index (χ2v) is 5.29. The molecular formula is C16H18FN3O2. The van der Waals surface area contributed by atoms with Crippen LogP contribution in [0.4, 0.5) is 15.8 Å². The van der Waals surface area contributed by atoms with Crippen molar-refractivity contribution >= 4 is 11.4 Å². The van der Waals surface area contributed by atoms with Crippen molar-refractivity contribution < 1.29 is 9.50 Å². The first kappa shape index (κ1) is 14.6. The predicted octanol–water partition coefficient (Wildman–Crippen LogP) is 1.33. The fraction of sp³-hybridized carbons (Fsp3) is 0.312. The number of aliphatic hydroxyl groups excluding tert-OH is 1. The molecule has 5 nitrogen and oxygen atoms in total. The van der Waals surface area contributed by atoms with Crippen molar-refractivity contribution in [1.82, 2.24) is 4.98 Å². The van der Waals surface area contributed by atoms with E-state index in [2.05, 4.69) is 9.88 Å². The molecule has 1 fully saturated rings. The number of H-pyrrole nitrogens is 1. The van der Waals surface area contributed by atoms with Crippen LogP contribution in [-0.2, 0) is 6.61 Å². The molecule has 1 saturated heterocycles. The zero-order valence-corrected chi connectivity index (χ0v) is 12.1. The highest BCUT2D eigenvalue weighted by Gasteiger charge is 2.20. The van der Waals surface area contributed by atoms with Crippen LogP contribution in [-0.4, -0.2) is 36.3 Å². The van der Waals surface area contributed by atoms with Crippen LogP contribution in [0.15, 0.2) is 41.3 Å². The Bertz CT molecular complexity index is 688. The SMILES string of the molecule is O=c1ccc(N2CCN(c3cccc(CO)c3F)CC2)c[nH]1. The van der Waals surface area contributed by atoms with Gasteiger partial charge in [-0.15, -0.1) is 0 Å². The largest absolute Gasteiger partial charge is 0.392 e. The van der Waals surface area contributed by atoms with E-state index in [1.165, 1.54) is 6.07 Å². The fourth-order valence-electron chi connectivity index (χ4n) is 2.74. The van der Waals surface area contributed by atoms with E-state index in [-0.39, 0.29) is 18.0 Å². The van der Waals surface area contributed by atoms with Crippen molar-refractivity contribution in [3.63, 3.8) is 0 Å². The van der Waals surface area contributed by atoms with Crippen molar-refractivity contribution in [3.8, 4) is 0 Å². The van der Waals surface area contributed by atoms with Gasteiger partial charge >= 0.3 is 0 Å². The molecule has 0 spiro atoms. The van der Waals surface area contributed by atoms with Crippen LogP contribution in [0.25, 0.3) is 0 Å². The molecule has 2 N–H and O–H groups in total. The number of nitrogens with zero attached hydrogens (tertiary/aromatic N) is 2. The van der Waals surface area contributed by atoms with Crippen molar-refractivity contribution in [2.75, 3.05) is 36.0 Å². The fourth-order valence-corrected chi connectivity index (χ4v) is 2.74. The summed E-state index contributed by atoms with van der Waals surface area (Å²) in [6.07, 6.45) is 1.70. The molecule has 0 unspecified atom stereocenters. The summed E-state index contributed by atoms with van der Waals surface area (Å²) in [5.74, 6) is -0.345. The van der Waals surface area contributed by atoms with E-state index in [1.807, 2.05) is 4.90 Å². The zero-order chi connectivity index (χ0) is 15.5. The van der Waals surface area contributed by atoms with Crippen LogP contribution >= 0.6 is 0 Å². The summed E-state index contributed by atoms with van der Waals surface area (Å²) in [6.45, 7) is 2.57. The average Bonchev–Trinajstić information content (AvgIpc) is 2.56. The quantitative estimate of drug-likeness (QED) is 0.898.